The highest BCUT2D eigenvalue weighted by atomic mass is 19.4. The molecular weight excluding hydrogens is 411 g/mol. The van der Waals surface area contributed by atoms with Crippen LogP contribution in [0.3, 0.4) is 0 Å². The van der Waals surface area contributed by atoms with Gasteiger partial charge in [0.2, 0.25) is 0 Å². The van der Waals surface area contributed by atoms with Gasteiger partial charge < -0.3 is 4.90 Å². The number of benzene rings is 3. The van der Waals surface area contributed by atoms with Crippen molar-refractivity contribution in [3.05, 3.63) is 119 Å². The first kappa shape index (κ1) is 22.2. The molecule has 2 nitrogen and oxygen atoms in total. The Kier molecular flexibility index (Phi) is 6.24. The number of hydrogen-bond donors (Lipinski definition) is 0. The van der Waals surface area contributed by atoms with Gasteiger partial charge in [-0.3, -0.25) is 4.99 Å². The van der Waals surface area contributed by atoms with Gasteiger partial charge in [0.05, 0.1) is 5.56 Å². The minimum Gasteiger partial charge on any atom is -0.362 e. The largest absolute Gasteiger partial charge is 0.416 e. The van der Waals surface area contributed by atoms with Gasteiger partial charge in [-0.2, -0.15) is 13.2 Å². The highest BCUT2D eigenvalue weighted by molar-refractivity contribution is 5.51. The van der Waals surface area contributed by atoms with E-state index in [2.05, 4.69) is 11.7 Å². The lowest BCUT2D eigenvalue weighted by Crippen LogP contribution is -2.43. The van der Waals surface area contributed by atoms with Gasteiger partial charge in [0.15, 0.2) is 0 Å². The first-order valence-corrected chi connectivity index (χ1v) is 9.25. The summed E-state index contributed by atoms with van der Waals surface area (Å²) in [6, 6.07) is 15.7. The number of hydrogen-bond acceptors (Lipinski definition) is 2. The second-order valence-electron chi connectivity index (χ2n) is 6.89. The number of rotatable bonds is 6. The summed E-state index contributed by atoms with van der Waals surface area (Å²) in [7, 11) is 1.65. The van der Waals surface area contributed by atoms with Crippen LogP contribution >= 0.6 is 0 Å². The molecule has 3 rings (SSSR count). The summed E-state index contributed by atoms with van der Waals surface area (Å²) in [5.41, 5.74) is -0.953. The third-order valence-electron chi connectivity index (χ3n) is 5.06. The molecule has 3 aromatic rings. The lowest BCUT2D eigenvalue weighted by atomic mass is 9.75. The molecule has 31 heavy (non-hydrogen) atoms. The van der Waals surface area contributed by atoms with E-state index < -0.39 is 28.9 Å². The topological polar surface area (TPSA) is 15.6 Å². The molecule has 160 valence electrons. The summed E-state index contributed by atoms with van der Waals surface area (Å²) in [5, 5.41) is 0. The lowest BCUT2D eigenvalue weighted by molar-refractivity contribution is -0.137. The van der Waals surface area contributed by atoms with Gasteiger partial charge in [0.1, 0.15) is 17.2 Å². The molecule has 0 aliphatic carbocycles. The Hall–Kier alpha value is -3.48. The zero-order chi connectivity index (χ0) is 22.6. The molecule has 0 aliphatic heterocycles. The fourth-order valence-corrected chi connectivity index (χ4v) is 3.67. The Morgan fingerprint density at radius 3 is 1.71 bits per heavy atom. The average Bonchev–Trinajstić information content (AvgIpc) is 2.75. The van der Waals surface area contributed by atoms with Crippen molar-refractivity contribution in [1.82, 2.24) is 4.90 Å². The van der Waals surface area contributed by atoms with E-state index >= 15 is 0 Å². The highest BCUT2D eigenvalue weighted by Crippen LogP contribution is 2.43. The van der Waals surface area contributed by atoms with Crippen molar-refractivity contribution in [1.29, 1.82) is 0 Å². The number of halogens is 5. The molecule has 0 unspecified atom stereocenters. The van der Waals surface area contributed by atoms with Crippen LogP contribution in [-0.2, 0) is 11.7 Å². The van der Waals surface area contributed by atoms with Crippen molar-refractivity contribution in [2.45, 2.75) is 11.7 Å². The summed E-state index contributed by atoms with van der Waals surface area (Å²) in [5.74, 6) is -0.987. The first-order valence-electron chi connectivity index (χ1n) is 9.25. The van der Waals surface area contributed by atoms with Crippen molar-refractivity contribution in [2.75, 3.05) is 7.05 Å². The normalized spacial score (nSPS) is 12.2. The molecule has 3 aromatic carbocycles. The molecule has 0 radical (unpaired) electrons. The summed E-state index contributed by atoms with van der Waals surface area (Å²) in [6.07, 6.45) is -1.64. The molecule has 0 bridgehead atoms. The molecule has 0 N–H and O–H groups in total. The fourth-order valence-electron chi connectivity index (χ4n) is 3.67. The maximum Gasteiger partial charge on any atom is 0.416 e. The second kappa shape index (κ2) is 8.71. The molecule has 0 amide bonds. The summed E-state index contributed by atoms with van der Waals surface area (Å²) < 4.78 is 68.0. The molecule has 0 aromatic heterocycles. The summed E-state index contributed by atoms with van der Waals surface area (Å²) >= 11 is 0. The monoisotopic (exact) mass is 430 g/mol. The van der Waals surface area contributed by atoms with Gasteiger partial charge in [-0.1, -0.05) is 36.4 Å². The summed E-state index contributed by atoms with van der Waals surface area (Å²) in [4.78, 5) is 5.32. The van der Waals surface area contributed by atoms with E-state index in [-0.39, 0.29) is 5.56 Å². The van der Waals surface area contributed by atoms with Gasteiger partial charge in [-0.05, 0) is 59.8 Å². The molecule has 0 saturated carbocycles. The van der Waals surface area contributed by atoms with Crippen molar-refractivity contribution in [2.24, 2.45) is 4.99 Å². The van der Waals surface area contributed by atoms with Gasteiger partial charge in [-0.15, -0.1) is 0 Å². The molecule has 0 saturated heterocycles. The van der Waals surface area contributed by atoms with E-state index in [1.165, 1.54) is 60.8 Å². The number of aliphatic imine (C=N–C) groups is 1. The van der Waals surface area contributed by atoms with Crippen LogP contribution in [0.4, 0.5) is 22.0 Å². The van der Waals surface area contributed by atoms with Crippen LogP contribution < -0.4 is 0 Å². The van der Waals surface area contributed by atoms with E-state index in [1.807, 2.05) is 0 Å². The lowest BCUT2D eigenvalue weighted by Gasteiger charge is -2.43. The molecule has 0 spiro atoms. The Morgan fingerprint density at radius 1 is 0.774 bits per heavy atom. The van der Waals surface area contributed by atoms with Crippen LogP contribution in [0.2, 0.25) is 0 Å². The van der Waals surface area contributed by atoms with Crippen LogP contribution in [0.15, 0.2) is 90.2 Å². The molecule has 0 heterocycles. The Balaban J connectivity index is 2.42. The predicted molar refractivity (Wildman–Crippen MR) is 111 cm³/mol. The Morgan fingerprint density at radius 2 is 1.26 bits per heavy atom. The second-order valence-corrected chi connectivity index (χ2v) is 6.89. The van der Waals surface area contributed by atoms with E-state index in [9.17, 15) is 22.0 Å². The van der Waals surface area contributed by atoms with Gasteiger partial charge in [0, 0.05) is 19.4 Å². The zero-order valence-corrected chi connectivity index (χ0v) is 16.6. The third-order valence-corrected chi connectivity index (χ3v) is 5.06. The molecular formula is C24H19F5N2. The fraction of sp³-hybridized carbons (Fsp3) is 0.125. The standard InChI is InChI=1S/C24H19F5N2/c1-30-14-15-31(2)23(17-6-10-21(25)11-7-17,18-8-12-22(26)13-9-18)19-4-3-5-20(16-19)24(27,28)29/h3-16H,1H2,2H3/b15-14-. The highest BCUT2D eigenvalue weighted by Gasteiger charge is 2.41. The Labute approximate surface area is 177 Å². The SMILES string of the molecule is C=N/C=C\N(C)C(c1ccc(F)cc1)(c1ccc(F)cc1)c1cccc(C(F)(F)F)c1. The maximum atomic E-state index is 13.7. The van der Waals surface area contributed by atoms with Gasteiger partial charge in [0.25, 0.3) is 0 Å². The van der Waals surface area contributed by atoms with E-state index in [0.29, 0.717) is 11.1 Å². The van der Waals surface area contributed by atoms with Crippen LogP contribution in [0.5, 0.6) is 0 Å². The predicted octanol–water partition coefficient (Wildman–Crippen LogP) is 6.38. The van der Waals surface area contributed by atoms with Gasteiger partial charge in [-0.25, -0.2) is 8.78 Å². The van der Waals surface area contributed by atoms with E-state index in [4.69, 9.17) is 0 Å². The van der Waals surface area contributed by atoms with Crippen LogP contribution in [0.25, 0.3) is 0 Å². The van der Waals surface area contributed by atoms with Crippen LogP contribution in [-0.4, -0.2) is 18.7 Å². The maximum absolute atomic E-state index is 13.7. The number of alkyl halides is 3. The molecule has 0 aliphatic rings. The van der Waals surface area contributed by atoms with E-state index in [0.717, 1.165) is 12.1 Å². The van der Waals surface area contributed by atoms with Crippen LogP contribution in [0, 0.1) is 11.6 Å². The number of nitrogens with zero attached hydrogens (tertiary/aromatic N) is 2. The molecule has 0 atom stereocenters. The summed E-state index contributed by atoms with van der Waals surface area (Å²) in [6.45, 7) is 3.39. The van der Waals surface area contributed by atoms with Crippen LogP contribution in [0.1, 0.15) is 22.3 Å². The quantitative estimate of drug-likeness (QED) is 0.252. The minimum atomic E-state index is -4.57. The minimum absolute atomic E-state index is 0.261. The average molecular weight is 430 g/mol. The van der Waals surface area contributed by atoms with Crippen molar-refractivity contribution in [3.63, 3.8) is 0 Å². The Bertz CT molecular complexity index is 1020. The first-order chi connectivity index (χ1) is 14.7. The third kappa shape index (κ3) is 4.35. The zero-order valence-electron chi connectivity index (χ0n) is 16.6. The van der Waals surface area contributed by atoms with Crippen molar-refractivity contribution < 1.29 is 22.0 Å². The van der Waals surface area contributed by atoms with Crippen molar-refractivity contribution in [3.8, 4) is 0 Å². The van der Waals surface area contributed by atoms with E-state index in [1.54, 1.807) is 24.2 Å². The van der Waals surface area contributed by atoms with Gasteiger partial charge >= 0.3 is 6.18 Å². The molecule has 0 fully saturated rings. The molecule has 7 heteroatoms. The smallest absolute Gasteiger partial charge is 0.362 e. The van der Waals surface area contributed by atoms with Crippen molar-refractivity contribution >= 4 is 6.72 Å².